The van der Waals surface area contributed by atoms with E-state index in [0.29, 0.717) is 21.4 Å². The number of halogens is 2. The molecule has 0 saturated heterocycles. The van der Waals surface area contributed by atoms with Gasteiger partial charge < -0.3 is 11.1 Å². The number of nitrogen functional groups attached to an aromatic ring is 1. The third-order valence-electron chi connectivity index (χ3n) is 2.66. The van der Waals surface area contributed by atoms with Gasteiger partial charge in [-0.05, 0) is 46.3 Å². The van der Waals surface area contributed by atoms with Gasteiger partial charge in [-0.1, -0.05) is 11.6 Å². The van der Waals surface area contributed by atoms with Crippen molar-refractivity contribution in [3.05, 3.63) is 61.6 Å². The van der Waals surface area contributed by atoms with Crippen molar-refractivity contribution < 1.29 is 9.72 Å². The molecule has 2 rings (SSSR count). The van der Waals surface area contributed by atoms with Gasteiger partial charge in [0.25, 0.3) is 11.6 Å². The molecule has 0 radical (unpaired) electrons. The molecule has 21 heavy (non-hydrogen) atoms. The normalized spacial score (nSPS) is 10.2. The Morgan fingerprint density at radius 2 is 2.00 bits per heavy atom. The van der Waals surface area contributed by atoms with Crippen LogP contribution in [0.15, 0.2) is 40.9 Å². The van der Waals surface area contributed by atoms with Gasteiger partial charge in [-0.3, -0.25) is 14.9 Å². The second-order valence-corrected chi connectivity index (χ2v) is 5.38. The van der Waals surface area contributed by atoms with E-state index in [2.05, 4.69) is 21.2 Å². The maximum atomic E-state index is 12.1. The lowest BCUT2D eigenvalue weighted by Gasteiger charge is -2.07. The van der Waals surface area contributed by atoms with Gasteiger partial charge in [0.1, 0.15) is 0 Å². The SMILES string of the molecule is Nc1ccc(C(=O)Nc2ccc(Br)c([N+](=O)[O-])c2)cc1Cl. The molecule has 0 spiro atoms. The van der Waals surface area contributed by atoms with Crippen LogP contribution in [0.5, 0.6) is 0 Å². The van der Waals surface area contributed by atoms with Crippen molar-refractivity contribution in [1.82, 2.24) is 0 Å². The number of hydrogen-bond acceptors (Lipinski definition) is 4. The molecule has 0 unspecified atom stereocenters. The summed E-state index contributed by atoms with van der Waals surface area (Å²) < 4.78 is 0.334. The number of carbonyl (C=O) groups excluding carboxylic acids is 1. The highest BCUT2D eigenvalue weighted by molar-refractivity contribution is 9.10. The lowest BCUT2D eigenvalue weighted by Crippen LogP contribution is -2.12. The molecule has 0 atom stereocenters. The molecule has 1 amide bonds. The van der Waals surface area contributed by atoms with E-state index in [9.17, 15) is 14.9 Å². The second-order valence-electron chi connectivity index (χ2n) is 4.11. The first-order valence-corrected chi connectivity index (χ1v) is 6.86. The maximum absolute atomic E-state index is 12.1. The van der Waals surface area contributed by atoms with E-state index in [4.69, 9.17) is 17.3 Å². The zero-order chi connectivity index (χ0) is 15.6. The summed E-state index contributed by atoms with van der Waals surface area (Å²) in [4.78, 5) is 22.4. The molecule has 8 heteroatoms. The summed E-state index contributed by atoms with van der Waals surface area (Å²) in [7, 11) is 0. The summed E-state index contributed by atoms with van der Waals surface area (Å²) >= 11 is 8.92. The third-order valence-corrected chi connectivity index (χ3v) is 3.66. The molecule has 0 aromatic heterocycles. The Labute approximate surface area is 133 Å². The van der Waals surface area contributed by atoms with Crippen LogP contribution < -0.4 is 11.1 Å². The fourth-order valence-corrected chi connectivity index (χ4v) is 2.17. The van der Waals surface area contributed by atoms with Gasteiger partial charge in [0, 0.05) is 17.3 Å². The van der Waals surface area contributed by atoms with Crippen molar-refractivity contribution in [1.29, 1.82) is 0 Å². The number of nitro benzene ring substituents is 1. The van der Waals surface area contributed by atoms with Crippen LogP contribution in [0.25, 0.3) is 0 Å². The molecule has 0 aliphatic heterocycles. The van der Waals surface area contributed by atoms with Gasteiger partial charge in [-0.15, -0.1) is 0 Å². The average Bonchev–Trinajstić information content (AvgIpc) is 2.43. The number of amides is 1. The predicted octanol–water partition coefficient (Wildman–Crippen LogP) is 3.85. The summed E-state index contributed by atoms with van der Waals surface area (Å²) in [5, 5.41) is 13.7. The molecule has 0 fully saturated rings. The quantitative estimate of drug-likeness (QED) is 0.487. The minimum absolute atomic E-state index is 0.136. The molecular weight excluding hydrogens is 362 g/mol. The molecule has 2 aromatic rings. The smallest absolute Gasteiger partial charge is 0.285 e. The molecule has 0 aliphatic rings. The number of nitro groups is 1. The fourth-order valence-electron chi connectivity index (χ4n) is 1.60. The first-order valence-electron chi connectivity index (χ1n) is 5.69. The van der Waals surface area contributed by atoms with Crippen LogP contribution in [0.1, 0.15) is 10.4 Å². The van der Waals surface area contributed by atoms with E-state index in [0.717, 1.165) is 0 Å². The molecule has 0 bridgehead atoms. The fraction of sp³-hybridized carbons (Fsp3) is 0. The Hall–Kier alpha value is -2.12. The van der Waals surface area contributed by atoms with Crippen molar-refractivity contribution in [2.75, 3.05) is 11.1 Å². The molecule has 0 aliphatic carbocycles. The zero-order valence-electron chi connectivity index (χ0n) is 10.5. The van der Waals surface area contributed by atoms with Crippen LogP contribution in [0.3, 0.4) is 0 Å². The van der Waals surface area contributed by atoms with Gasteiger partial charge in [0.2, 0.25) is 0 Å². The Morgan fingerprint density at radius 1 is 1.29 bits per heavy atom. The van der Waals surface area contributed by atoms with Gasteiger partial charge in [-0.25, -0.2) is 0 Å². The summed E-state index contributed by atoms with van der Waals surface area (Å²) in [5.41, 5.74) is 6.41. The van der Waals surface area contributed by atoms with E-state index in [1.54, 1.807) is 6.07 Å². The summed E-state index contributed by atoms with van der Waals surface area (Å²) in [5.74, 6) is -0.437. The monoisotopic (exact) mass is 369 g/mol. The van der Waals surface area contributed by atoms with Gasteiger partial charge in [-0.2, -0.15) is 0 Å². The first kappa shape index (κ1) is 15.3. The molecule has 0 saturated carbocycles. The zero-order valence-corrected chi connectivity index (χ0v) is 12.8. The number of carbonyl (C=O) groups is 1. The van der Waals surface area contributed by atoms with E-state index < -0.39 is 10.8 Å². The van der Waals surface area contributed by atoms with E-state index >= 15 is 0 Å². The Morgan fingerprint density at radius 3 is 2.62 bits per heavy atom. The van der Waals surface area contributed by atoms with Gasteiger partial charge >= 0.3 is 0 Å². The number of nitrogens with two attached hydrogens (primary N) is 1. The molecular formula is C13H9BrClN3O3. The topological polar surface area (TPSA) is 98.3 Å². The minimum atomic E-state index is -0.542. The lowest BCUT2D eigenvalue weighted by atomic mass is 10.2. The first-order chi connectivity index (χ1) is 9.88. The molecule has 3 N–H and O–H groups in total. The molecule has 0 heterocycles. The Balaban J connectivity index is 2.25. The summed E-state index contributed by atoms with van der Waals surface area (Å²) in [6.45, 7) is 0. The highest BCUT2D eigenvalue weighted by Crippen LogP contribution is 2.28. The van der Waals surface area contributed by atoms with E-state index in [1.165, 1.54) is 30.3 Å². The Kier molecular flexibility index (Phi) is 4.44. The molecule has 108 valence electrons. The van der Waals surface area contributed by atoms with Crippen molar-refractivity contribution in [3.8, 4) is 0 Å². The van der Waals surface area contributed by atoms with Gasteiger partial charge in [0.05, 0.1) is 20.1 Å². The van der Waals surface area contributed by atoms with Crippen molar-refractivity contribution in [3.63, 3.8) is 0 Å². The number of benzene rings is 2. The molecule has 6 nitrogen and oxygen atoms in total. The Bertz CT molecular complexity index is 737. The number of anilines is 2. The van der Waals surface area contributed by atoms with Gasteiger partial charge in [0.15, 0.2) is 0 Å². The molecule has 2 aromatic carbocycles. The highest BCUT2D eigenvalue weighted by atomic mass is 79.9. The second kappa shape index (κ2) is 6.11. The highest BCUT2D eigenvalue weighted by Gasteiger charge is 2.14. The maximum Gasteiger partial charge on any atom is 0.285 e. The number of hydrogen-bond donors (Lipinski definition) is 2. The van der Waals surface area contributed by atoms with E-state index in [-0.39, 0.29) is 10.7 Å². The van der Waals surface area contributed by atoms with Crippen molar-refractivity contribution >= 4 is 50.5 Å². The number of nitrogens with zero attached hydrogens (tertiary/aromatic N) is 1. The van der Waals surface area contributed by atoms with Crippen LogP contribution >= 0.6 is 27.5 Å². The minimum Gasteiger partial charge on any atom is -0.398 e. The largest absolute Gasteiger partial charge is 0.398 e. The van der Waals surface area contributed by atoms with Crippen LogP contribution in [0, 0.1) is 10.1 Å². The summed E-state index contributed by atoms with van der Waals surface area (Å²) in [6.07, 6.45) is 0. The van der Waals surface area contributed by atoms with E-state index in [1.807, 2.05) is 0 Å². The lowest BCUT2D eigenvalue weighted by molar-refractivity contribution is -0.385. The van der Waals surface area contributed by atoms with Crippen LogP contribution in [-0.2, 0) is 0 Å². The number of nitrogens with one attached hydrogen (secondary N) is 1. The average molecular weight is 371 g/mol. The van der Waals surface area contributed by atoms with Crippen molar-refractivity contribution in [2.24, 2.45) is 0 Å². The third kappa shape index (κ3) is 3.50. The summed E-state index contributed by atoms with van der Waals surface area (Å²) in [6, 6.07) is 8.77. The van der Waals surface area contributed by atoms with Crippen molar-refractivity contribution in [2.45, 2.75) is 0 Å². The standard InChI is InChI=1S/C13H9BrClN3O3/c14-9-3-2-8(6-12(9)18(20)21)17-13(19)7-1-4-11(16)10(15)5-7/h1-6H,16H2,(H,17,19). The van der Waals surface area contributed by atoms with Crippen LogP contribution in [0.2, 0.25) is 5.02 Å². The van der Waals surface area contributed by atoms with Crippen LogP contribution in [0.4, 0.5) is 17.1 Å². The number of rotatable bonds is 3. The van der Waals surface area contributed by atoms with Crippen LogP contribution in [-0.4, -0.2) is 10.8 Å². The predicted molar refractivity (Wildman–Crippen MR) is 84.6 cm³/mol.